The third kappa shape index (κ3) is 1.59. The monoisotopic (exact) mass is 207 g/mol. The Balaban J connectivity index is 2.53. The number of amides is 1. The number of aromatic amines is 1. The molecule has 0 aliphatic rings. The quantitative estimate of drug-likeness (QED) is 0.742. The Morgan fingerprint density at radius 3 is 3.07 bits per heavy atom. The molecule has 1 amide bonds. The first-order valence-electron chi connectivity index (χ1n) is 4.13. The van der Waals surface area contributed by atoms with Crippen molar-refractivity contribution < 1.29 is 4.79 Å². The molecule has 14 heavy (non-hydrogen) atoms. The highest BCUT2D eigenvalue weighted by atomic mass is 35.5. The van der Waals surface area contributed by atoms with E-state index < -0.39 is 0 Å². The highest BCUT2D eigenvalue weighted by Crippen LogP contribution is 2.27. The molecule has 0 spiro atoms. The summed E-state index contributed by atoms with van der Waals surface area (Å²) >= 11 is 5.96. The summed E-state index contributed by atoms with van der Waals surface area (Å²) in [6.45, 7) is 1.45. The van der Waals surface area contributed by atoms with Gasteiger partial charge in [-0.3, -0.25) is 4.79 Å². The van der Waals surface area contributed by atoms with Gasteiger partial charge in [-0.05, 0) is 12.1 Å². The number of carbonyl (C=O) groups excluding carboxylic acids is 1. The number of benzene rings is 1. The molecule has 0 saturated carbocycles. The van der Waals surface area contributed by atoms with Gasteiger partial charge in [0, 0.05) is 30.1 Å². The zero-order valence-electron chi connectivity index (χ0n) is 7.52. The average molecular weight is 208 g/mol. The summed E-state index contributed by atoms with van der Waals surface area (Å²) in [5.41, 5.74) is 1.52. The minimum atomic E-state index is -0.137. The van der Waals surface area contributed by atoms with Gasteiger partial charge in [-0.15, -0.1) is 0 Å². The molecule has 0 atom stereocenters. The van der Waals surface area contributed by atoms with E-state index in [1.54, 1.807) is 18.3 Å². The lowest BCUT2D eigenvalue weighted by Gasteiger charge is -2.04. The molecule has 0 saturated heterocycles. The first-order valence-corrected chi connectivity index (χ1v) is 4.50. The maximum atomic E-state index is 10.9. The smallest absolute Gasteiger partial charge is 0.221 e. The molecule has 71 valence electrons. The molecule has 0 aliphatic heterocycles. The number of hydrogen-bond acceptors (Lipinski definition) is 1. The molecule has 2 rings (SSSR count). The van der Waals surface area contributed by atoms with Crippen LogP contribution in [0.1, 0.15) is 6.92 Å². The third-order valence-electron chi connectivity index (χ3n) is 1.87. The highest BCUT2D eigenvalue weighted by Gasteiger charge is 2.04. The minimum Gasteiger partial charge on any atom is -0.360 e. The van der Waals surface area contributed by atoms with E-state index in [2.05, 4.69) is 16.4 Å². The number of H-pyrrole nitrogens is 1. The fourth-order valence-electron chi connectivity index (χ4n) is 1.29. The van der Waals surface area contributed by atoms with E-state index in [1.165, 1.54) is 6.92 Å². The Labute approximate surface area is 86.1 Å². The van der Waals surface area contributed by atoms with E-state index in [0.717, 1.165) is 10.9 Å². The topological polar surface area (TPSA) is 44.9 Å². The maximum absolute atomic E-state index is 10.9. The van der Waals surface area contributed by atoms with E-state index in [9.17, 15) is 4.79 Å². The second-order valence-electron chi connectivity index (χ2n) is 2.99. The molecular weight excluding hydrogens is 200 g/mol. The number of halogens is 1. The predicted octanol–water partition coefficient (Wildman–Crippen LogP) is 2.58. The van der Waals surface area contributed by atoms with Crippen LogP contribution in [-0.4, -0.2) is 10.9 Å². The Morgan fingerprint density at radius 1 is 1.57 bits per heavy atom. The van der Waals surface area contributed by atoms with Crippen LogP contribution in [0.5, 0.6) is 0 Å². The Morgan fingerprint density at radius 2 is 2.36 bits per heavy atom. The van der Waals surface area contributed by atoms with E-state index >= 15 is 0 Å². The first kappa shape index (κ1) is 9.09. The van der Waals surface area contributed by atoms with Crippen LogP contribution in [0.4, 0.5) is 5.69 Å². The molecule has 1 heterocycles. The van der Waals surface area contributed by atoms with Crippen molar-refractivity contribution in [3.05, 3.63) is 29.4 Å². The van der Waals surface area contributed by atoms with Crippen LogP contribution in [0.25, 0.3) is 10.9 Å². The van der Waals surface area contributed by atoms with Gasteiger partial charge >= 0.3 is 0 Å². The molecule has 0 bridgehead atoms. The fourth-order valence-corrected chi connectivity index (χ4v) is 1.50. The summed E-state index contributed by atoms with van der Waals surface area (Å²) in [6.07, 6.45) is 1.71. The van der Waals surface area contributed by atoms with Crippen LogP contribution in [0.15, 0.2) is 18.3 Å². The predicted molar refractivity (Wildman–Crippen MR) is 56.4 cm³/mol. The van der Waals surface area contributed by atoms with Crippen LogP contribution in [0.3, 0.4) is 0 Å². The van der Waals surface area contributed by atoms with E-state index in [1.807, 2.05) is 0 Å². The van der Waals surface area contributed by atoms with E-state index in [-0.39, 0.29) is 5.91 Å². The normalized spacial score (nSPS) is 10.4. The lowest BCUT2D eigenvalue weighted by atomic mass is 10.2. The fraction of sp³-hybridized carbons (Fsp3) is 0.100. The Kier molecular flexibility index (Phi) is 2.17. The number of nitrogens with one attached hydrogen (secondary N) is 2. The van der Waals surface area contributed by atoms with Gasteiger partial charge < -0.3 is 10.3 Å². The number of anilines is 1. The molecule has 4 heteroatoms. The first-order chi connectivity index (χ1) is 6.66. The molecule has 2 N–H and O–H groups in total. The number of hydrogen-bond donors (Lipinski definition) is 2. The summed E-state index contributed by atoms with van der Waals surface area (Å²) < 4.78 is 0. The van der Waals surface area contributed by atoms with Crippen molar-refractivity contribution in [2.45, 2.75) is 6.92 Å². The SMILES string of the molecule is CC(=O)Nc1cc2[c]c[nH]c2cc1Cl. The van der Waals surface area contributed by atoms with Crippen molar-refractivity contribution in [3.8, 4) is 0 Å². The number of fused-ring (bicyclic) bond motifs is 1. The van der Waals surface area contributed by atoms with Gasteiger partial charge in [0.1, 0.15) is 0 Å². The Hall–Kier alpha value is -1.48. The molecule has 0 fully saturated rings. The van der Waals surface area contributed by atoms with Crippen LogP contribution in [-0.2, 0) is 4.79 Å². The van der Waals surface area contributed by atoms with Gasteiger partial charge in [-0.25, -0.2) is 0 Å². The van der Waals surface area contributed by atoms with Gasteiger partial charge in [0.05, 0.1) is 10.7 Å². The lowest BCUT2D eigenvalue weighted by molar-refractivity contribution is -0.114. The zero-order chi connectivity index (χ0) is 10.1. The Bertz CT molecular complexity index is 490. The largest absolute Gasteiger partial charge is 0.360 e. The van der Waals surface area contributed by atoms with Crippen molar-refractivity contribution in [1.82, 2.24) is 4.98 Å². The standard InChI is InChI=1S/C10H8ClN2O/c1-6(14)13-10-4-7-2-3-12-9(7)5-8(10)11/h3-5,12H,1H3,(H,13,14). The van der Waals surface area contributed by atoms with Crippen molar-refractivity contribution in [2.75, 3.05) is 5.32 Å². The number of aromatic nitrogens is 1. The number of carbonyl (C=O) groups is 1. The molecule has 1 radical (unpaired) electrons. The minimum absolute atomic E-state index is 0.137. The summed E-state index contributed by atoms with van der Waals surface area (Å²) in [7, 11) is 0. The number of rotatable bonds is 1. The van der Waals surface area contributed by atoms with Crippen molar-refractivity contribution >= 4 is 34.1 Å². The van der Waals surface area contributed by atoms with Gasteiger partial charge in [0.2, 0.25) is 5.91 Å². The van der Waals surface area contributed by atoms with Gasteiger partial charge in [0.25, 0.3) is 0 Å². The van der Waals surface area contributed by atoms with Gasteiger partial charge in [-0.2, -0.15) is 0 Å². The maximum Gasteiger partial charge on any atom is 0.221 e. The van der Waals surface area contributed by atoms with Crippen LogP contribution in [0, 0.1) is 6.07 Å². The molecule has 3 nitrogen and oxygen atoms in total. The molecule has 2 aromatic rings. The van der Waals surface area contributed by atoms with Crippen LogP contribution >= 0.6 is 11.6 Å². The van der Waals surface area contributed by atoms with E-state index in [4.69, 9.17) is 11.6 Å². The average Bonchev–Trinajstić information content (AvgIpc) is 2.51. The van der Waals surface area contributed by atoms with Crippen molar-refractivity contribution in [2.24, 2.45) is 0 Å². The third-order valence-corrected chi connectivity index (χ3v) is 2.19. The van der Waals surface area contributed by atoms with E-state index in [0.29, 0.717) is 10.7 Å². The molecular formula is C10H8ClN2O. The second kappa shape index (κ2) is 3.35. The van der Waals surface area contributed by atoms with Gasteiger partial charge in [-0.1, -0.05) is 11.6 Å². The van der Waals surface area contributed by atoms with Crippen LogP contribution in [0.2, 0.25) is 5.02 Å². The molecule has 1 aromatic carbocycles. The van der Waals surface area contributed by atoms with Crippen molar-refractivity contribution in [1.29, 1.82) is 0 Å². The summed E-state index contributed by atoms with van der Waals surface area (Å²) in [6, 6.07) is 6.54. The summed E-state index contributed by atoms with van der Waals surface area (Å²) in [5.74, 6) is -0.137. The molecule has 1 aromatic heterocycles. The summed E-state index contributed by atoms with van der Waals surface area (Å²) in [4.78, 5) is 13.8. The lowest BCUT2D eigenvalue weighted by Crippen LogP contribution is -2.05. The molecule has 0 unspecified atom stereocenters. The molecule has 0 aliphatic carbocycles. The second-order valence-corrected chi connectivity index (χ2v) is 3.40. The highest BCUT2D eigenvalue weighted by molar-refractivity contribution is 6.34. The zero-order valence-corrected chi connectivity index (χ0v) is 8.27. The summed E-state index contributed by atoms with van der Waals surface area (Å²) in [5, 5.41) is 4.07. The van der Waals surface area contributed by atoms with Gasteiger partial charge in [0.15, 0.2) is 0 Å². The van der Waals surface area contributed by atoms with Crippen LogP contribution < -0.4 is 5.32 Å². The van der Waals surface area contributed by atoms with Crippen molar-refractivity contribution in [3.63, 3.8) is 0 Å².